The number of rotatable bonds is 3. The van der Waals surface area contributed by atoms with Gasteiger partial charge in [0.15, 0.2) is 11.6 Å². The van der Waals surface area contributed by atoms with Crippen LogP contribution in [0.4, 0.5) is 0 Å². The van der Waals surface area contributed by atoms with E-state index in [1.807, 2.05) is 0 Å². The van der Waals surface area contributed by atoms with Gasteiger partial charge in [0.1, 0.15) is 28.9 Å². The molecule has 0 fully saturated rings. The Labute approximate surface area is 133 Å². The van der Waals surface area contributed by atoms with Crippen molar-refractivity contribution >= 4 is 11.6 Å². The summed E-state index contributed by atoms with van der Waals surface area (Å²) >= 11 is 0. The Morgan fingerprint density at radius 2 is 1.96 bits per heavy atom. The second-order valence-corrected chi connectivity index (χ2v) is 5.43. The van der Waals surface area contributed by atoms with Crippen LogP contribution in [0.15, 0.2) is 36.4 Å². The third kappa shape index (κ3) is 2.77. The van der Waals surface area contributed by atoms with Crippen LogP contribution in [0.25, 0.3) is 0 Å². The van der Waals surface area contributed by atoms with E-state index in [-0.39, 0.29) is 29.3 Å². The molecule has 0 spiro atoms. The number of carbonyl (C=O) groups excluding carboxylic acids is 2. The van der Waals surface area contributed by atoms with E-state index in [1.165, 1.54) is 20.1 Å². The average Bonchev–Trinajstić information content (AvgIpc) is 2.54. The van der Waals surface area contributed by atoms with Crippen molar-refractivity contribution in [1.82, 2.24) is 0 Å². The van der Waals surface area contributed by atoms with Crippen LogP contribution in [0.2, 0.25) is 0 Å². The van der Waals surface area contributed by atoms with Crippen LogP contribution >= 0.6 is 0 Å². The van der Waals surface area contributed by atoms with Crippen LogP contribution in [0, 0.1) is 0 Å². The summed E-state index contributed by atoms with van der Waals surface area (Å²) in [6.45, 7) is 1.50. The van der Waals surface area contributed by atoms with Gasteiger partial charge in [-0.25, -0.2) is 0 Å². The summed E-state index contributed by atoms with van der Waals surface area (Å²) in [4.78, 5) is 23.7. The summed E-state index contributed by atoms with van der Waals surface area (Å²) in [5.74, 6) is 0.374. The molecule has 2 aromatic rings. The number of fused-ring (bicyclic) bond motifs is 1. The van der Waals surface area contributed by atoms with Gasteiger partial charge in [0, 0.05) is 17.7 Å². The molecule has 23 heavy (non-hydrogen) atoms. The zero-order valence-electron chi connectivity index (χ0n) is 12.8. The van der Waals surface area contributed by atoms with E-state index < -0.39 is 6.10 Å². The number of hydrogen-bond acceptors (Lipinski definition) is 5. The molecule has 0 aromatic heterocycles. The second kappa shape index (κ2) is 5.76. The van der Waals surface area contributed by atoms with Crippen LogP contribution in [0.1, 0.15) is 45.7 Å². The average molecular weight is 312 g/mol. The Morgan fingerprint density at radius 1 is 1.26 bits per heavy atom. The van der Waals surface area contributed by atoms with Crippen molar-refractivity contribution in [2.24, 2.45) is 0 Å². The molecule has 0 amide bonds. The van der Waals surface area contributed by atoms with Gasteiger partial charge in [-0.3, -0.25) is 9.59 Å². The lowest BCUT2D eigenvalue weighted by Gasteiger charge is -2.26. The van der Waals surface area contributed by atoms with E-state index in [2.05, 4.69) is 0 Å². The Morgan fingerprint density at radius 3 is 2.57 bits per heavy atom. The molecule has 1 aliphatic rings. The monoisotopic (exact) mass is 312 g/mol. The molecule has 2 aromatic carbocycles. The van der Waals surface area contributed by atoms with Crippen molar-refractivity contribution in [3.63, 3.8) is 0 Å². The fraction of sp³-hybridized carbons (Fsp3) is 0.222. The minimum atomic E-state index is -0.456. The summed E-state index contributed by atoms with van der Waals surface area (Å²) in [5, 5.41) is 9.97. The Balaban J connectivity index is 1.95. The molecule has 1 atom stereocenters. The molecule has 0 saturated carbocycles. The van der Waals surface area contributed by atoms with Gasteiger partial charge in [-0.2, -0.15) is 0 Å². The van der Waals surface area contributed by atoms with Gasteiger partial charge in [0.2, 0.25) is 0 Å². The Hall–Kier alpha value is -2.82. The maximum absolute atomic E-state index is 12.3. The first-order chi connectivity index (χ1) is 11.0. The smallest absolute Gasteiger partial charge is 0.174 e. The van der Waals surface area contributed by atoms with Gasteiger partial charge in [0.05, 0.1) is 13.5 Å². The zero-order chi connectivity index (χ0) is 16.6. The van der Waals surface area contributed by atoms with Crippen molar-refractivity contribution in [3.05, 3.63) is 53.1 Å². The number of methoxy groups -OCH3 is 1. The van der Waals surface area contributed by atoms with Crippen LogP contribution in [0.3, 0.4) is 0 Å². The normalized spacial score (nSPS) is 16.4. The molecule has 1 aliphatic heterocycles. The molecule has 3 rings (SSSR count). The maximum Gasteiger partial charge on any atom is 0.174 e. The predicted octanol–water partition coefficient (Wildman–Crippen LogP) is 3.31. The zero-order valence-corrected chi connectivity index (χ0v) is 12.8. The van der Waals surface area contributed by atoms with Gasteiger partial charge < -0.3 is 14.6 Å². The molecule has 0 bridgehead atoms. The van der Waals surface area contributed by atoms with Gasteiger partial charge >= 0.3 is 0 Å². The molecule has 1 N–H and O–H groups in total. The maximum atomic E-state index is 12.3. The highest BCUT2D eigenvalue weighted by Gasteiger charge is 2.30. The highest BCUT2D eigenvalue weighted by molar-refractivity contribution is 6.02. The first-order valence-electron chi connectivity index (χ1n) is 7.21. The predicted molar refractivity (Wildman–Crippen MR) is 83.4 cm³/mol. The van der Waals surface area contributed by atoms with Crippen molar-refractivity contribution in [2.75, 3.05) is 7.11 Å². The lowest BCUT2D eigenvalue weighted by Crippen LogP contribution is -2.20. The van der Waals surface area contributed by atoms with Crippen LogP contribution in [-0.2, 0) is 0 Å². The molecule has 5 nitrogen and oxygen atoms in total. The largest absolute Gasteiger partial charge is 0.507 e. The molecule has 0 saturated heterocycles. The van der Waals surface area contributed by atoms with Gasteiger partial charge in [0.25, 0.3) is 0 Å². The fourth-order valence-corrected chi connectivity index (χ4v) is 2.65. The molecule has 5 heteroatoms. The quantitative estimate of drug-likeness (QED) is 0.880. The van der Waals surface area contributed by atoms with Crippen molar-refractivity contribution in [2.45, 2.75) is 19.4 Å². The SMILES string of the molecule is COc1cc(O)c2c(c1)OC(c1ccc(C(C)=O)cc1)CC2=O. The first-order valence-corrected chi connectivity index (χ1v) is 7.21. The summed E-state index contributed by atoms with van der Waals surface area (Å²) in [6, 6.07) is 9.96. The molecule has 0 radical (unpaired) electrons. The molecule has 118 valence electrons. The second-order valence-electron chi connectivity index (χ2n) is 5.43. The topological polar surface area (TPSA) is 72.8 Å². The Bertz CT molecular complexity index is 777. The highest BCUT2D eigenvalue weighted by Crippen LogP contribution is 2.41. The number of ether oxygens (including phenoxy) is 2. The van der Waals surface area contributed by atoms with Crippen LogP contribution in [0.5, 0.6) is 17.2 Å². The highest BCUT2D eigenvalue weighted by atomic mass is 16.5. The number of phenolic OH excluding ortho intramolecular Hbond substituents is 1. The number of benzene rings is 2. The van der Waals surface area contributed by atoms with Gasteiger partial charge in [-0.15, -0.1) is 0 Å². The van der Waals surface area contributed by atoms with Crippen LogP contribution < -0.4 is 9.47 Å². The van der Waals surface area contributed by atoms with Crippen molar-refractivity contribution in [3.8, 4) is 17.2 Å². The molecule has 1 unspecified atom stereocenters. The summed E-state index contributed by atoms with van der Waals surface area (Å²) in [5.41, 5.74) is 1.59. The number of ketones is 2. The van der Waals surface area contributed by atoms with E-state index >= 15 is 0 Å². The van der Waals surface area contributed by atoms with E-state index in [0.717, 1.165) is 5.56 Å². The number of phenols is 1. The molecule has 0 aliphatic carbocycles. The van der Waals surface area contributed by atoms with Gasteiger partial charge in [-0.05, 0) is 12.5 Å². The number of carbonyl (C=O) groups is 2. The molecular weight excluding hydrogens is 296 g/mol. The lowest BCUT2D eigenvalue weighted by molar-refractivity contribution is 0.0844. The van der Waals surface area contributed by atoms with Crippen molar-refractivity contribution < 1.29 is 24.2 Å². The minimum Gasteiger partial charge on any atom is -0.507 e. The summed E-state index contributed by atoms with van der Waals surface area (Å²) < 4.78 is 11.0. The third-order valence-corrected chi connectivity index (χ3v) is 3.90. The first kappa shape index (κ1) is 15.1. The van der Waals surface area contributed by atoms with E-state index in [0.29, 0.717) is 17.1 Å². The van der Waals surface area contributed by atoms with E-state index in [1.54, 1.807) is 30.3 Å². The standard InChI is InChI=1S/C18H16O5/c1-10(19)11-3-5-12(6-4-11)16-9-15(21)18-14(20)7-13(22-2)8-17(18)23-16/h3-8,16,20H,9H2,1-2H3. The summed E-state index contributed by atoms with van der Waals surface area (Å²) in [7, 11) is 1.48. The van der Waals surface area contributed by atoms with E-state index in [9.17, 15) is 14.7 Å². The lowest BCUT2D eigenvalue weighted by atomic mass is 9.95. The number of hydrogen-bond donors (Lipinski definition) is 1. The van der Waals surface area contributed by atoms with Crippen LogP contribution in [-0.4, -0.2) is 23.8 Å². The van der Waals surface area contributed by atoms with Gasteiger partial charge in [-0.1, -0.05) is 24.3 Å². The van der Waals surface area contributed by atoms with Crippen molar-refractivity contribution in [1.29, 1.82) is 0 Å². The third-order valence-electron chi connectivity index (χ3n) is 3.90. The van der Waals surface area contributed by atoms with E-state index in [4.69, 9.17) is 9.47 Å². The minimum absolute atomic E-state index is 0.0165. The number of aromatic hydroxyl groups is 1. The molecular formula is C18H16O5. The fourth-order valence-electron chi connectivity index (χ4n) is 2.65. The molecule has 1 heterocycles. The number of Topliss-reactive ketones (excluding diaryl/α,β-unsaturated/α-hetero) is 2. The Kier molecular flexibility index (Phi) is 3.78. The summed E-state index contributed by atoms with van der Waals surface area (Å²) in [6.07, 6.45) is -0.325.